The zero-order valence-corrected chi connectivity index (χ0v) is 16.3. The smallest absolute Gasteiger partial charge is 0.241 e. The Morgan fingerprint density at radius 2 is 1.96 bits per heavy atom. The van der Waals surface area contributed by atoms with E-state index in [1.807, 2.05) is 30.3 Å². The van der Waals surface area contributed by atoms with Gasteiger partial charge in [-0.05, 0) is 29.6 Å². The summed E-state index contributed by atoms with van der Waals surface area (Å²) in [5.74, 6) is 2.00. The zero-order chi connectivity index (χ0) is 19.2. The number of nitrogens with zero attached hydrogens (tertiary/aromatic N) is 4. The minimum Gasteiger partial charge on any atom is -0.496 e. The van der Waals surface area contributed by atoms with Crippen molar-refractivity contribution in [2.45, 2.75) is 19.6 Å². The number of pyridine rings is 1. The van der Waals surface area contributed by atoms with Crippen LogP contribution in [0.1, 0.15) is 16.3 Å². The van der Waals surface area contributed by atoms with Crippen LogP contribution < -0.4 is 4.74 Å². The van der Waals surface area contributed by atoms with Gasteiger partial charge in [-0.2, -0.15) is 4.98 Å². The summed E-state index contributed by atoms with van der Waals surface area (Å²) in [7, 11) is 1.70. The second kappa shape index (κ2) is 8.77. The molecule has 28 heavy (non-hydrogen) atoms. The highest BCUT2D eigenvalue weighted by Crippen LogP contribution is 2.23. The zero-order valence-electron chi connectivity index (χ0n) is 15.5. The van der Waals surface area contributed by atoms with Crippen molar-refractivity contribution in [1.29, 1.82) is 0 Å². The van der Waals surface area contributed by atoms with Gasteiger partial charge in [-0.25, -0.2) is 0 Å². The lowest BCUT2D eigenvalue weighted by atomic mass is 10.2. The maximum Gasteiger partial charge on any atom is 0.241 e. The minimum atomic E-state index is 0.545. The lowest BCUT2D eigenvalue weighted by molar-refractivity contribution is 0.210. The van der Waals surface area contributed by atoms with Crippen LogP contribution in [-0.2, 0) is 19.6 Å². The Morgan fingerprint density at radius 3 is 2.75 bits per heavy atom. The number of aromatic nitrogens is 3. The molecule has 0 radical (unpaired) electrons. The van der Waals surface area contributed by atoms with Crippen molar-refractivity contribution in [3.05, 3.63) is 82.6 Å². The Hall–Kier alpha value is -3.03. The first-order chi connectivity index (χ1) is 13.8. The van der Waals surface area contributed by atoms with Gasteiger partial charge < -0.3 is 9.26 Å². The molecule has 7 heteroatoms. The van der Waals surface area contributed by atoms with Gasteiger partial charge in [-0.3, -0.25) is 9.88 Å². The molecule has 142 valence electrons. The predicted octanol–water partition coefficient (Wildman–Crippen LogP) is 4.40. The summed E-state index contributed by atoms with van der Waals surface area (Å²) < 4.78 is 11.0. The van der Waals surface area contributed by atoms with Crippen molar-refractivity contribution in [1.82, 2.24) is 20.0 Å². The van der Waals surface area contributed by atoms with Gasteiger partial charge in [0.25, 0.3) is 0 Å². The molecule has 0 N–H and O–H groups in total. The fourth-order valence-electron chi connectivity index (χ4n) is 2.99. The molecule has 0 aliphatic carbocycles. The van der Waals surface area contributed by atoms with Gasteiger partial charge in [-0.15, -0.1) is 11.3 Å². The van der Waals surface area contributed by atoms with Crippen molar-refractivity contribution in [3.63, 3.8) is 0 Å². The van der Waals surface area contributed by atoms with Crippen LogP contribution in [-0.4, -0.2) is 27.1 Å². The molecule has 0 amide bonds. The molecule has 0 spiro atoms. The standard InChI is InChI=1S/C21H20N4O2S/c1-26-19-9-3-2-6-17(19)13-25(14-18-8-5-11-28-18)15-20-23-21(24-27-20)16-7-4-10-22-12-16/h2-12H,13-15H2,1H3. The number of benzene rings is 1. The van der Waals surface area contributed by atoms with Gasteiger partial charge in [0.1, 0.15) is 5.75 Å². The second-order valence-corrected chi connectivity index (χ2v) is 7.32. The topological polar surface area (TPSA) is 64.3 Å². The van der Waals surface area contributed by atoms with Crippen molar-refractivity contribution in [2.24, 2.45) is 0 Å². The van der Waals surface area contributed by atoms with Gasteiger partial charge in [0.05, 0.1) is 13.7 Å². The average Bonchev–Trinajstić information content (AvgIpc) is 3.41. The molecule has 4 rings (SSSR count). The van der Waals surface area contributed by atoms with Crippen LogP contribution in [0.3, 0.4) is 0 Å². The number of para-hydroxylation sites is 1. The molecular weight excluding hydrogens is 372 g/mol. The first-order valence-electron chi connectivity index (χ1n) is 8.91. The molecule has 3 heterocycles. The van der Waals surface area contributed by atoms with E-state index in [1.54, 1.807) is 30.8 Å². The normalized spacial score (nSPS) is 11.1. The van der Waals surface area contributed by atoms with E-state index in [-0.39, 0.29) is 0 Å². The highest BCUT2D eigenvalue weighted by molar-refractivity contribution is 7.09. The van der Waals surface area contributed by atoms with E-state index in [2.05, 4.69) is 43.6 Å². The molecule has 3 aromatic heterocycles. The average molecular weight is 392 g/mol. The monoisotopic (exact) mass is 392 g/mol. The molecule has 0 bridgehead atoms. The molecule has 0 unspecified atom stereocenters. The molecule has 0 fully saturated rings. The van der Waals surface area contributed by atoms with E-state index in [1.165, 1.54) is 4.88 Å². The van der Waals surface area contributed by atoms with Crippen molar-refractivity contribution in [3.8, 4) is 17.1 Å². The van der Waals surface area contributed by atoms with Crippen molar-refractivity contribution < 1.29 is 9.26 Å². The molecule has 0 saturated heterocycles. The Bertz CT molecular complexity index is 1000. The predicted molar refractivity (Wildman–Crippen MR) is 108 cm³/mol. The van der Waals surface area contributed by atoms with E-state index in [4.69, 9.17) is 9.26 Å². The van der Waals surface area contributed by atoms with E-state index < -0.39 is 0 Å². The van der Waals surface area contributed by atoms with Gasteiger partial charge in [0, 0.05) is 41.5 Å². The third-order valence-electron chi connectivity index (χ3n) is 4.29. The number of ether oxygens (including phenoxy) is 1. The number of hydrogen-bond acceptors (Lipinski definition) is 7. The first-order valence-corrected chi connectivity index (χ1v) is 9.79. The fraction of sp³-hybridized carbons (Fsp3) is 0.190. The van der Waals surface area contributed by atoms with Crippen LogP contribution in [0.5, 0.6) is 5.75 Å². The maximum absolute atomic E-state index is 5.51. The molecule has 4 aromatic rings. The summed E-state index contributed by atoms with van der Waals surface area (Å²) in [6, 6.07) is 16.0. The maximum atomic E-state index is 5.51. The second-order valence-electron chi connectivity index (χ2n) is 6.29. The quantitative estimate of drug-likeness (QED) is 0.443. The van der Waals surface area contributed by atoms with Crippen molar-refractivity contribution in [2.75, 3.05) is 7.11 Å². The highest BCUT2D eigenvalue weighted by Gasteiger charge is 2.16. The fourth-order valence-corrected chi connectivity index (χ4v) is 3.73. The molecule has 0 atom stereocenters. The van der Waals surface area contributed by atoms with Crippen LogP contribution in [0.15, 0.2) is 70.8 Å². The van der Waals surface area contributed by atoms with Crippen molar-refractivity contribution >= 4 is 11.3 Å². The molecule has 6 nitrogen and oxygen atoms in total. The van der Waals surface area contributed by atoms with Gasteiger partial charge in [0.2, 0.25) is 11.7 Å². The summed E-state index contributed by atoms with van der Waals surface area (Å²) in [6.07, 6.45) is 3.45. The van der Waals surface area contributed by atoms with Crippen LogP contribution in [0, 0.1) is 0 Å². The van der Waals surface area contributed by atoms with E-state index in [0.29, 0.717) is 24.8 Å². The third kappa shape index (κ3) is 4.44. The Balaban J connectivity index is 1.55. The minimum absolute atomic E-state index is 0.545. The van der Waals surface area contributed by atoms with E-state index >= 15 is 0 Å². The van der Waals surface area contributed by atoms with Gasteiger partial charge in [-0.1, -0.05) is 29.4 Å². The Labute approximate surface area is 167 Å². The summed E-state index contributed by atoms with van der Waals surface area (Å²) in [5, 5.41) is 6.19. The largest absolute Gasteiger partial charge is 0.496 e. The molecular formula is C21H20N4O2S. The van der Waals surface area contributed by atoms with Gasteiger partial charge >= 0.3 is 0 Å². The number of methoxy groups -OCH3 is 1. The Morgan fingerprint density at radius 1 is 1.04 bits per heavy atom. The lowest BCUT2D eigenvalue weighted by Crippen LogP contribution is -2.22. The van der Waals surface area contributed by atoms with Crippen LogP contribution in [0.4, 0.5) is 0 Å². The molecule has 0 aliphatic rings. The number of thiophene rings is 1. The summed E-state index contributed by atoms with van der Waals surface area (Å²) >= 11 is 1.74. The summed E-state index contributed by atoms with van der Waals surface area (Å²) in [5.41, 5.74) is 1.96. The number of hydrogen-bond donors (Lipinski definition) is 0. The molecule has 0 saturated carbocycles. The lowest BCUT2D eigenvalue weighted by Gasteiger charge is -2.21. The summed E-state index contributed by atoms with van der Waals surface area (Å²) in [4.78, 5) is 12.2. The molecule has 1 aromatic carbocycles. The molecule has 0 aliphatic heterocycles. The number of rotatable bonds is 8. The third-order valence-corrected chi connectivity index (χ3v) is 5.15. The first kappa shape index (κ1) is 18.3. The van der Waals surface area contributed by atoms with Gasteiger partial charge in [0.15, 0.2) is 0 Å². The highest BCUT2D eigenvalue weighted by atomic mass is 32.1. The van der Waals surface area contributed by atoms with Crippen LogP contribution >= 0.6 is 11.3 Å². The summed E-state index contributed by atoms with van der Waals surface area (Å²) in [6.45, 7) is 2.05. The van der Waals surface area contributed by atoms with Crippen LogP contribution in [0.2, 0.25) is 0 Å². The SMILES string of the molecule is COc1ccccc1CN(Cc1nc(-c2cccnc2)no1)Cc1cccs1. The van der Waals surface area contributed by atoms with E-state index in [0.717, 1.165) is 23.4 Å². The Kier molecular flexibility index (Phi) is 5.75. The van der Waals surface area contributed by atoms with Crippen LogP contribution in [0.25, 0.3) is 11.4 Å². The van der Waals surface area contributed by atoms with E-state index in [9.17, 15) is 0 Å².